The second-order valence-electron chi connectivity index (χ2n) is 5.39. The SMILES string of the molecule is C[C@@H](NC(=O)c1cccc(C#N)c1)c1cccc(NS(C)(=O)=O)c1. The maximum absolute atomic E-state index is 12.3. The van der Waals surface area contributed by atoms with E-state index in [0.29, 0.717) is 16.8 Å². The Kier molecular flexibility index (Phi) is 5.21. The fourth-order valence-electron chi connectivity index (χ4n) is 2.18. The molecule has 0 fully saturated rings. The Morgan fingerprint density at radius 3 is 2.54 bits per heavy atom. The van der Waals surface area contributed by atoms with Crippen LogP contribution >= 0.6 is 0 Å². The minimum Gasteiger partial charge on any atom is -0.346 e. The molecule has 2 rings (SSSR count). The summed E-state index contributed by atoms with van der Waals surface area (Å²) in [4.78, 5) is 12.3. The highest BCUT2D eigenvalue weighted by molar-refractivity contribution is 7.92. The third kappa shape index (κ3) is 4.83. The van der Waals surface area contributed by atoms with Crippen molar-refractivity contribution in [1.82, 2.24) is 5.32 Å². The van der Waals surface area contributed by atoms with Gasteiger partial charge in [0.1, 0.15) is 0 Å². The average molecular weight is 343 g/mol. The number of hydrogen-bond donors (Lipinski definition) is 2. The Morgan fingerprint density at radius 1 is 1.17 bits per heavy atom. The number of rotatable bonds is 5. The first-order valence-corrected chi connectivity index (χ1v) is 9.06. The van der Waals surface area contributed by atoms with E-state index in [1.165, 1.54) is 6.07 Å². The molecule has 0 aliphatic carbocycles. The third-order valence-electron chi connectivity index (χ3n) is 3.29. The topological polar surface area (TPSA) is 99.1 Å². The van der Waals surface area contributed by atoms with Gasteiger partial charge in [-0.1, -0.05) is 18.2 Å². The van der Waals surface area contributed by atoms with Crippen molar-refractivity contribution >= 4 is 21.6 Å². The zero-order chi connectivity index (χ0) is 17.7. The zero-order valence-corrected chi connectivity index (χ0v) is 14.1. The summed E-state index contributed by atoms with van der Waals surface area (Å²) in [5.74, 6) is -0.305. The van der Waals surface area contributed by atoms with Gasteiger partial charge in [0.2, 0.25) is 10.0 Å². The fourth-order valence-corrected chi connectivity index (χ4v) is 2.73. The molecular formula is C17H17N3O3S. The largest absolute Gasteiger partial charge is 0.346 e. The number of hydrogen-bond acceptors (Lipinski definition) is 4. The van der Waals surface area contributed by atoms with E-state index in [1.807, 2.05) is 6.07 Å². The lowest BCUT2D eigenvalue weighted by Crippen LogP contribution is -2.26. The monoisotopic (exact) mass is 343 g/mol. The Hall–Kier alpha value is -2.85. The van der Waals surface area contributed by atoms with E-state index in [4.69, 9.17) is 5.26 Å². The van der Waals surface area contributed by atoms with Crippen molar-refractivity contribution in [3.05, 3.63) is 65.2 Å². The summed E-state index contributed by atoms with van der Waals surface area (Å²) in [5.41, 5.74) is 2.00. The van der Waals surface area contributed by atoms with E-state index in [2.05, 4.69) is 10.0 Å². The zero-order valence-electron chi connectivity index (χ0n) is 13.3. The van der Waals surface area contributed by atoms with E-state index >= 15 is 0 Å². The number of nitriles is 1. The van der Waals surface area contributed by atoms with Gasteiger partial charge >= 0.3 is 0 Å². The Balaban J connectivity index is 2.14. The van der Waals surface area contributed by atoms with Crippen LogP contribution in [0.3, 0.4) is 0 Å². The van der Waals surface area contributed by atoms with Gasteiger partial charge in [-0.2, -0.15) is 5.26 Å². The Morgan fingerprint density at radius 2 is 1.88 bits per heavy atom. The molecule has 6 nitrogen and oxygen atoms in total. The second kappa shape index (κ2) is 7.15. The molecule has 0 unspecified atom stereocenters. The van der Waals surface area contributed by atoms with E-state index in [0.717, 1.165) is 11.8 Å². The first-order chi connectivity index (χ1) is 11.3. The molecule has 7 heteroatoms. The lowest BCUT2D eigenvalue weighted by atomic mass is 10.1. The summed E-state index contributed by atoms with van der Waals surface area (Å²) >= 11 is 0. The average Bonchev–Trinajstić information content (AvgIpc) is 2.53. The lowest BCUT2D eigenvalue weighted by Gasteiger charge is -2.16. The molecule has 0 spiro atoms. The summed E-state index contributed by atoms with van der Waals surface area (Å²) in [6, 6.07) is 14.9. The van der Waals surface area contributed by atoms with Crippen LogP contribution in [0.2, 0.25) is 0 Å². The van der Waals surface area contributed by atoms with E-state index in [9.17, 15) is 13.2 Å². The molecule has 2 aromatic rings. The van der Waals surface area contributed by atoms with E-state index < -0.39 is 10.0 Å². The van der Waals surface area contributed by atoms with Crippen LogP contribution in [-0.2, 0) is 10.0 Å². The van der Waals surface area contributed by atoms with E-state index in [1.54, 1.807) is 49.4 Å². The van der Waals surface area contributed by atoms with Crippen molar-refractivity contribution in [2.45, 2.75) is 13.0 Å². The van der Waals surface area contributed by atoms with Crippen LogP contribution in [-0.4, -0.2) is 20.6 Å². The molecule has 1 amide bonds. The van der Waals surface area contributed by atoms with Crippen LogP contribution in [0.4, 0.5) is 5.69 Å². The molecular weight excluding hydrogens is 326 g/mol. The molecule has 1 atom stereocenters. The smallest absolute Gasteiger partial charge is 0.251 e. The van der Waals surface area contributed by atoms with Gasteiger partial charge in [0.05, 0.1) is 23.9 Å². The molecule has 0 aromatic heterocycles. The molecule has 2 aromatic carbocycles. The number of benzene rings is 2. The highest BCUT2D eigenvalue weighted by Crippen LogP contribution is 2.18. The van der Waals surface area contributed by atoms with Crippen molar-refractivity contribution in [1.29, 1.82) is 5.26 Å². The molecule has 24 heavy (non-hydrogen) atoms. The highest BCUT2D eigenvalue weighted by Gasteiger charge is 2.13. The van der Waals surface area contributed by atoms with Gasteiger partial charge in [-0.05, 0) is 42.8 Å². The van der Waals surface area contributed by atoms with Crippen LogP contribution in [0, 0.1) is 11.3 Å². The first kappa shape index (κ1) is 17.5. The number of nitrogens with one attached hydrogen (secondary N) is 2. The molecule has 0 saturated carbocycles. The van der Waals surface area contributed by atoms with Crippen LogP contribution in [0.15, 0.2) is 48.5 Å². The molecule has 0 aliphatic heterocycles. The predicted molar refractivity (Wildman–Crippen MR) is 91.9 cm³/mol. The number of carbonyl (C=O) groups excluding carboxylic acids is 1. The molecule has 0 radical (unpaired) electrons. The molecule has 0 bridgehead atoms. The van der Waals surface area contributed by atoms with Crippen molar-refractivity contribution in [3.63, 3.8) is 0 Å². The van der Waals surface area contributed by atoms with Gasteiger partial charge in [0.15, 0.2) is 0 Å². The number of nitrogens with zero attached hydrogens (tertiary/aromatic N) is 1. The molecule has 2 N–H and O–H groups in total. The molecule has 0 heterocycles. The maximum atomic E-state index is 12.3. The standard InChI is InChI=1S/C17H17N3O3S/c1-12(14-6-4-8-16(10-14)20-24(2,22)23)19-17(21)15-7-3-5-13(9-15)11-18/h3-10,12,20H,1-2H3,(H,19,21)/t12-/m1/s1. The van der Waals surface area contributed by atoms with Gasteiger partial charge in [-0.25, -0.2) is 8.42 Å². The summed E-state index contributed by atoms with van der Waals surface area (Å²) < 4.78 is 25.0. The van der Waals surface area contributed by atoms with Crippen LogP contribution in [0.5, 0.6) is 0 Å². The number of amides is 1. The predicted octanol–water partition coefficient (Wildman–Crippen LogP) is 2.42. The van der Waals surface area contributed by atoms with Crippen molar-refractivity contribution in [2.24, 2.45) is 0 Å². The van der Waals surface area contributed by atoms with Gasteiger partial charge in [-0.15, -0.1) is 0 Å². The van der Waals surface area contributed by atoms with Crippen LogP contribution in [0.25, 0.3) is 0 Å². The van der Waals surface area contributed by atoms with Crippen LogP contribution < -0.4 is 10.0 Å². The quantitative estimate of drug-likeness (QED) is 0.871. The Bertz CT molecular complexity index is 901. The first-order valence-electron chi connectivity index (χ1n) is 7.17. The summed E-state index contributed by atoms with van der Waals surface area (Å²) in [7, 11) is -3.36. The lowest BCUT2D eigenvalue weighted by molar-refractivity contribution is 0.0940. The normalized spacial score (nSPS) is 12.0. The Labute approximate surface area is 141 Å². The minimum atomic E-state index is -3.36. The molecule has 0 aliphatic rings. The van der Waals surface area contributed by atoms with Gasteiger partial charge in [-0.3, -0.25) is 9.52 Å². The number of anilines is 1. The van der Waals surface area contributed by atoms with Gasteiger partial charge in [0.25, 0.3) is 5.91 Å². The van der Waals surface area contributed by atoms with Gasteiger partial charge < -0.3 is 5.32 Å². The molecule has 0 saturated heterocycles. The van der Waals surface area contributed by atoms with Crippen LogP contribution in [0.1, 0.15) is 34.5 Å². The van der Waals surface area contributed by atoms with E-state index in [-0.39, 0.29) is 11.9 Å². The van der Waals surface area contributed by atoms with Crippen molar-refractivity contribution in [3.8, 4) is 6.07 Å². The minimum absolute atomic E-state index is 0.305. The summed E-state index contributed by atoms with van der Waals surface area (Å²) in [6.07, 6.45) is 1.08. The second-order valence-corrected chi connectivity index (χ2v) is 7.14. The summed E-state index contributed by atoms with van der Waals surface area (Å²) in [5, 5.41) is 11.7. The fraction of sp³-hybridized carbons (Fsp3) is 0.176. The number of carbonyl (C=O) groups is 1. The van der Waals surface area contributed by atoms with Gasteiger partial charge in [0, 0.05) is 11.3 Å². The highest BCUT2D eigenvalue weighted by atomic mass is 32.2. The third-order valence-corrected chi connectivity index (χ3v) is 3.90. The van der Waals surface area contributed by atoms with Crippen molar-refractivity contribution in [2.75, 3.05) is 11.0 Å². The van der Waals surface area contributed by atoms with Crippen molar-refractivity contribution < 1.29 is 13.2 Å². The summed E-state index contributed by atoms with van der Waals surface area (Å²) in [6.45, 7) is 1.80. The number of sulfonamides is 1. The maximum Gasteiger partial charge on any atom is 0.251 e. The molecule has 124 valence electrons.